The van der Waals surface area contributed by atoms with Gasteiger partial charge in [0, 0.05) is 29.0 Å². The molecule has 0 aliphatic heterocycles. The number of nitrogens with zero attached hydrogens (tertiary/aromatic N) is 6. The van der Waals surface area contributed by atoms with Crippen molar-refractivity contribution in [2.75, 3.05) is 0 Å². The van der Waals surface area contributed by atoms with E-state index in [9.17, 15) is 0 Å². The lowest BCUT2D eigenvalue weighted by atomic mass is 10.1. The zero-order valence-electron chi connectivity index (χ0n) is 20.2. The highest BCUT2D eigenvalue weighted by atomic mass is 15.2. The van der Waals surface area contributed by atoms with Gasteiger partial charge in [-0.2, -0.15) is 0 Å². The maximum absolute atomic E-state index is 5.32. The predicted octanol–water partition coefficient (Wildman–Crippen LogP) is 7.13. The van der Waals surface area contributed by atoms with Crippen LogP contribution >= 0.6 is 0 Å². The number of rotatable bonds is 3. The van der Waals surface area contributed by atoms with Crippen LogP contribution in [0.25, 0.3) is 66.9 Å². The zero-order valence-corrected chi connectivity index (χ0v) is 20.2. The largest absolute Gasteiger partial charge is 0.292 e. The summed E-state index contributed by atoms with van der Waals surface area (Å²) in [5.74, 6) is 0.794. The Balaban J connectivity index is 1.55. The summed E-state index contributed by atoms with van der Waals surface area (Å²) in [5.41, 5.74) is 9.06. The van der Waals surface area contributed by atoms with Gasteiger partial charge in [0.15, 0.2) is 11.3 Å². The summed E-state index contributed by atoms with van der Waals surface area (Å²) in [6, 6.07) is 37.0. The molecule has 8 aromatic rings. The molecule has 0 saturated carbocycles. The average molecular weight is 489 g/mol. The van der Waals surface area contributed by atoms with Gasteiger partial charge in [0.05, 0.1) is 11.0 Å². The third-order valence-corrected chi connectivity index (χ3v) is 7.03. The van der Waals surface area contributed by atoms with Crippen molar-refractivity contribution in [1.29, 1.82) is 0 Å². The van der Waals surface area contributed by atoms with Crippen molar-refractivity contribution in [3.63, 3.8) is 0 Å². The second-order valence-electron chi connectivity index (χ2n) is 9.20. The van der Waals surface area contributed by atoms with Crippen LogP contribution < -0.4 is 0 Å². The van der Waals surface area contributed by atoms with E-state index in [1.54, 1.807) is 0 Å². The van der Waals surface area contributed by atoms with Crippen LogP contribution in [0.15, 0.2) is 122 Å². The molecule has 178 valence electrons. The first kappa shape index (κ1) is 20.8. The van der Waals surface area contributed by atoms with Gasteiger partial charge < -0.3 is 0 Å². The Morgan fingerprint density at radius 3 is 2.03 bits per heavy atom. The van der Waals surface area contributed by atoms with Gasteiger partial charge in [0.1, 0.15) is 22.4 Å². The fraction of sp³-hybridized carbons (Fsp3) is 0. The van der Waals surface area contributed by atoms with Gasteiger partial charge in [-0.15, -0.1) is 0 Å². The minimum Gasteiger partial charge on any atom is -0.292 e. The third kappa shape index (κ3) is 2.94. The molecule has 5 aromatic heterocycles. The van der Waals surface area contributed by atoms with Gasteiger partial charge in [-0.1, -0.05) is 66.7 Å². The Hall–Kier alpha value is -5.36. The molecule has 3 aromatic carbocycles. The number of aromatic nitrogens is 6. The van der Waals surface area contributed by atoms with Crippen LogP contribution in [0.1, 0.15) is 0 Å². The molecular formula is C32H20N6. The molecule has 0 radical (unpaired) electrons. The van der Waals surface area contributed by atoms with E-state index in [1.165, 1.54) is 0 Å². The lowest BCUT2D eigenvalue weighted by molar-refractivity contribution is 1.05. The van der Waals surface area contributed by atoms with E-state index in [0.717, 1.165) is 66.9 Å². The van der Waals surface area contributed by atoms with Crippen LogP contribution in [0.2, 0.25) is 0 Å². The van der Waals surface area contributed by atoms with Gasteiger partial charge in [-0.05, 0) is 48.0 Å². The van der Waals surface area contributed by atoms with Gasteiger partial charge in [-0.25, -0.2) is 15.0 Å². The third-order valence-electron chi connectivity index (χ3n) is 7.03. The molecular weight excluding hydrogens is 468 g/mol. The minimum atomic E-state index is 0.724. The van der Waals surface area contributed by atoms with Gasteiger partial charge in [0.25, 0.3) is 0 Å². The van der Waals surface area contributed by atoms with Crippen molar-refractivity contribution in [3.8, 4) is 22.6 Å². The van der Waals surface area contributed by atoms with Gasteiger partial charge in [-0.3, -0.25) is 14.1 Å². The summed E-state index contributed by atoms with van der Waals surface area (Å²) in [4.78, 5) is 20.2. The normalized spacial score (nSPS) is 11.7. The maximum Gasteiger partial charge on any atom is 0.169 e. The van der Waals surface area contributed by atoms with Crippen LogP contribution in [0.3, 0.4) is 0 Å². The Morgan fingerprint density at radius 2 is 1.16 bits per heavy atom. The highest BCUT2D eigenvalue weighted by Crippen LogP contribution is 2.36. The molecule has 38 heavy (non-hydrogen) atoms. The molecule has 5 heterocycles. The minimum absolute atomic E-state index is 0.724. The number of fused-ring (bicyclic) bond motifs is 6. The van der Waals surface area contributed by atoms with E-state index in [2.05, 4.69) is 63.7 Å². The van der Waals surface area contributed by atoms with Crippen LogP contribution in [-0.4, -0.2) is 29.1 Å². The van der Waals surface area contributed by atoms with Crippen LogP contribution in [0, 0.1) is 0 Å². The summed E-state index contributed by atoms with van der Waals surface area (Å²) in [6.07, 6.45) is 3.63. The van der Waals surface area contributed by atoms with E-state index >= 15 is 0 Å². The summed E-state index contributed by atoms with van der Waals surface area (Å²) in [7, 11) is 0. The Kier molecular flexibility index (Phi) is 4.42. The second kappa shape index (κ2) is 8.08. The Bertz CT molecular complexity index is 2120. The molecule has 0 aliphatic rings. The quantitative estimate of drug-likeness (QED) is 0.265. The highest BCUT2D eigenvalue weighted by Gasteiger charge is 2.23. The van der Waals surface area contributed by atoms with Crippen molar-refractivity contribution in [1.82, 2.24) is 29.1 Å². The van der Waals surface area contributed by atoms with Crippen molar-refractivity contribution in [2.45, 2.75) is 0 Å². The fourth-order valence-electron chi connectivity index (χ4n) is 5.40. The van der Waals surface area contributed by atoms with Crippen LogP contribution in [0.5, 0.6) is 0 Å². The van der Waals surface area contributed by atoms with Crippen molar-refractivity contribution < 1.29 is 0 Å². The first-order valence-corrected chi connectivity index (χ1v) is 12.5. The number of benzene rings is 3. The molecule has 6 heteroatoms. The first-order chi connectivity index (χ1) is 18.9. The second-order valence-corrected chi connectivity index (χ2v) is 9.20. The van der Waals surface area contributed by atoms with Crippen molar-refractivity contribution in [2.24, 2.45) is 0 Å². The molecule has 8 rings (SSSR count). The topological polar surface area (TPSA) is 61.4 Å². The van der Waals surface area contributed by atoms with E-state index in [0.29, 0.717) is 0 Å². The molecule has 0 spiro atoms. The molecule has 0 amide bonds. The van der Waals surface area contributed by atoms with E-state index in [1.807, 2.05) is 67.0 Å². The molecule has 0 saturated heterocycles. The molecule has 0 unspecified atom stereocenters. The number of hydrogen-bond acceptors (Lipinski definition) is 4. The zero-order chi connectivity index (χ0) is 25.1. The smallest absolute Gasteiger partial charge is 0.169 e. The monoisotopic (exact) mass is 488 g/mol. The maximum atomic E-state index is 5.32. The SMILES string of the molecule is c1ccc(-c2cccnc2-n2c3cccnc3c3nc4c5ccccc5n(-c5ccccc5)c4nc32)cc1. The summed E-state index contributed by atoms with van der Waals surface area (Å²) in [5, 5.41) is 1.06. The standard InChI is InChI=1S/C32H20N6/c1-3-11-21(12-4-1)23-16-9-20-34-30(23)38-26-18-10-19-33-28(26)29-32(38)36-31-27(35-29)24-15-7-8-17-25(24)37(31)22-13-5-2-6-14-22/h1-20H. The van der Waals surface area contributed by atoms with E-state index < -0.39 is 0 Å². The highest BCUT2D eigenvalue weighted by molar-refractivity contribution is 6.11. The van der Waals surface area contributed by atoms with E-state index in [-0.39, 0.29) is 0 Å². The molecule has 0 aliphatic carbocycles. The van der Waals surface area contributed by atoms with Crippen LogP contribution in [-0.2, 0) is 0 Å². The Morgan fingerprint density at radius 1 is 0.474 bits per heavy atom. The first-order valence-electron chi connectivity index (χ1n) is 12.5. The lowest BCUT2D eigenvalue weighted by Gasteiger charge is -2.12. The van der Waals surface area contributed by atoms with Gasteiger partial charge >= 0.3 is 0 Å². The summed E-state index contributed by atoms with van der Waals surface area (Å²) in [6.45, 7) is 0. The molecule has 0 N–H and O–H groups in total. The van der Waals surface area contributed by atoms with Gasteiger partial charge in [0.2, 0.25) is 0 Å². The molecule has 0 atom stereocenters. The number of para-hydroxylation sites is 2. The average Bonchev–Trinajstić information content (AvgIpc) is 3.49. The lowest BCUT2D eigenvalue weighted by Crippen LogP contribution is -2.02. The number of hydrogen-bond donors (Lipinski definition) is 0. The Labute approximate surface area is 217 Å². The fourth-order valence-corrected chi connectivity index (χ4v) is 5.40. The van der Waals surface area contributed by atoms with Crippen molar-refractivity contribution in [3.05, 3.63) is 122 Å². The van der Waals surface area contributed by atoms with E-state index in [4.69, 9.17) is 19.9 Å². The summed E-state index contributed by atoms with van der Waals surface area (Å²) >= 11 is 0. The van der Waals surface area contributed by atoms with Crippen molar-refractivity contribution >= 4 is 44.3 Å². The summed E-state index contributed by atoms with van der Waals surface area (Å²) < 4.78 is 4.28. The molecule has 0 bridgehead atoms. The van der Waals surface area contributed by atoms with Crippen LogP contribution in [0.4, 0.5) is 0 Å². The number of pyridine rings is 2. The predicted molar refractivity (Wildman–Crippen MR) is 152 cm³/mol. The molecule has 0 fully saturated rings. The molecule has 6 nitrogen and oxygen atoms in total.